The molecule has 18 heavy (non-hydrogen) atoms. The number of rotatable bonds is 4. The topological polar surface area (TPSA) is 0 Å². The zero-order valence-corrected chi connectivity index (χ0v) is 11.7. The molecule has 2 rings (SSSR count). The second-order valence-electron chi connectivity index (χ2n) is 4.54. The summed E-state index contributed by atoms with van der Waals surface area (Å²) in [4.78, 5) is 1.31. The van der Waals surface area contributed by atoms with Crippen molar-refractivity contribution in [2.75, 3.05) is 0 Å². The SMILES string of the molecule is C=C[C@](C)(Sc1ccccc1C)c1ccccc1. The molecule has 0 saturated carbocycles. The standard InChI is InChI=1S/C17H18S/c1-4-17(3,15-11-6-5-7-12-15)18-16-13-9-8-10-14(16)2/h4-13H,1H2,2-3H3/t17-/m0/s1. The molecule has 0 bridgehead atoms. The molecule has 0 aliphatic carbocycles. The molecular formula is C17H18S. The Kier molecular flexibility index (Phi) is 3.93. The minimum Gasteiger partial charge on any atom is -0.110 e. The first-order chi connectivity index (χ1) is 8.65. The van der Waals surface area contributed by atoms with E-state index < -0.39 is 0 Å². The Balaban J connectivity index is 2.35. The maximum absolute atomic E-state index is 4.01. The zero-order valence-electron chi connectivity index (χ0n) is 10.9. The minimum atomic E-state index is -0.0899. The number of hydrogen-bond donors (Lipinski definition) is 0. The molecule has 2 aromatic rings. The van der Waals surface area contributed by atoms with Gasteiger partial charge in [-0.1, -0.05) is 54.6 Å². The first-order valence-corrected chi connectivity index (χ1v) is 6.91. The number of hydrogen-bond acceptors (Lipinski definition) is 1. The molecule has 0 N–H and O–H groups in total. The molecule has 1 heteroatoms. The molecule has 0 nitrogen and oxygen atoms in total. The normalized spacial score (nSPS) is 13.9. The van der Waals surface area contributed by atoms with Gasteiger partial charge < -0.3 is 0 Å². The van der Waals surface area contributed by atoms with Crippen LogP contribution in [0.2, 0.25) is 0 Å². The van der Waals surface area contributed by atoms with Crippen LogP contribution in [0.15, 0.2) is 72.1 Å². The van der Waals surface area contributed by atoms with Crippen molar-refractivity contribution >= 4 is 11.8 Å². The highest BCUT2D eigenvalue weighted by atomic mass is 32.2. The Morgan fingerprint density at radius 2 is 1.61 bits per heavy atom. The van der Waals surface area contributed by atoms with Crippen molar-refractivity contribution in [2.45, 2.75) is 23.5 Å². The van der Waals surface area contributed by atoms with Gasteiger partial charge >= 0.3 is 0 Å². The lowest BCUT2D eigenvalue weighted by Gasteiger charge is -2.26. The van der Waals surface area contributed by atoms with Gasteiger partial charge in [0.15, 0.2) is 0 Å². The highest BCUT2D eigenvalue weighted by molar-refractivity contribution is 8.00. The van der Waals surface area contributed by atoms with Gasteiger partial charge in [-0.05, 0) is 31.0 Å². The predicted octanol–water partition coefficient (Wildman–Crippen LogP) is 5.19. The van der Waals surface area contributed by atoms with E-state index in [9.17, 15) is 0 Å². The number of aryl methyl sites for hydroxylation is 1. The number of benzene rings is 2. The molecule has 0 aliphatic rings. The van der Waals surface area contributed by atoms with Gasteiger partial charge in [0.25, 0.3) is 0 Å². The smallest absolute Gasteiger partial charge is 0.0604 e. The molecule has 0 unspecified atom stereocenters. The molecule has 0 fully saturated rings. The summed E-state index contributed by atoms with van der Waals surface area (Å²) >= 11 is 1.85. The third kappa shape index (κ3) is 2.68. The van der Waals surface area contributed by atoms with Crippen LogP contribution in [0.3, 0.4) is 0 Å². The summed E-state index contributed by atoms with van der Waals surface area (Å²) in [5.41, 5.74) is 2.60. The zero-order chi connectivity index (χ0) is 13.0. The third-order valence-electron chi connectivity index (χ3n) is 3.15. The minimum absolute atomic E-state index is 0.0899. The summed E-state index contributed by atoms with van der Waals surface area (Å²) in [6.07, 6.45) is 2.03. The summed E-state index contributed by atoms with van der Waals surface area (Å²) in [7, 11) is 0. The highest BCUT2D eigenvalue weighted by Crippen LogP contribution is 2.42. The van der Waals surface area contributed by atoms with Crippen molar-refractivity contribution < 1.29 is 0 Å². The summed E-state index contributed by atoms with van der Waals surface area (Å²) in [6.45, 7) is 8.38. The van der Waals surface area contributed by atoms with Gasteiger partial charge in [0.2, 0.25) is 0 Å². The van der Waals surface area contributed by atoms with Gasteiger partial charge in [0, 0.05) is 4.90 Å². The fourth-order valence-electron chi connectivity index (χ4n) is 1.89. The molecular weight excluding hydrogens is 236 g/mol. The highest BCUT2D eigenvalue weighted by Gasteiger charge is 2.24. The lowest BCUT2D eigenvalue weighted by molar-refractivity contribution is 0.880. The quantitative estimate of drug-likeness (QED) is 0.534. The fourth-order valence-corrected chi connectivity index (χ4v) is 3.06. The van der Waals surface area contributed by atoms with E-state index in [0.29, 0.717) is 0 Å². The maximum atomic E-state index is 4.01. The van der Waals surface area contributed by atoms with E-state index in [0.717, 1.165) is 0 Å². The van der Waals surface area contributed by atoms with E-state index in [1.165, 1.54) is 16.0 Å². The first kappa shape index (κ1) is 13.0. The van der Waals surface area contributed by atoms with Crippen molar-refractivity contribution in [3.8, 4) is 0 Å². The Hall–Kier alpha value is -1.47. The van der Waals surface area contributed by atoms with Crippen molar-refractivity contribution in [1.82, 2.24) is 0 Å². The summed E-state index contributed by atoms with van der Waals surface area (Å²) in [5.74, 6) is 0. The van der Waals surface area contributed by atoms with Gasteiger partial charge in [-0.2, -0.15) is 0 Å². The molecule has 1 atom stereocenters. The largest absolute Gasteiger partial charge is 0.110 e. The monoisotopic (exact) mass is 254 g/mol. The van der Waals surface area contributed by atoms with E-state index in [1.807, 2.05) is 23.9 Å². The Bertz CT molecular complexity index is 530. The Labute approximate surface area is 114 Å². The molecule has 0 saturated heterocycles. The van der Waals surface area contributed by atoms with Crippen LogP contribution in [0.5, 0.6) is 0 Å². The van der Waals surface area contributed by atoms with Gasteiger partial charge in [-0.3, -0.25) is 0 Å². The van der Waals surface area contributed by atoms with Crippen LogP contribution in [0.25, 0.3) is 0 Å². The van der Waals surface area contributed by atoms with Crippen molar-refractivity contribution in [2.24, 2.45) is 0 Å². The molecule has 2 aromatic carbocycles. The van der Waals surface area contributed by atoms with Crippen molar-refractivity contribution in [3.05, 3.63) is 78.4 Å². The van der Waals surface area contributed by atoms with Gasteiger partial charge in [-0.25, -0.2) is 0 Å². The second kappa shape index (κ2) is 5.45. The second-order valence-corrected chi connectivity index (χ2v) is 6.04. The van der Waals surface area contributed by atoms with Crippen LogP contribution in [-0.2, 0) is 4.75 Å². The molecule has 0 amide bonds. The van der Waals surface area contributed by atoms with Crippen molar-refractivity contribution in [1.29, 1.82) is 0 Å². The average Bonchev–Trinajstić information content (AvgIpc) is 2.42. The number of thioether (sulfide) groups is 1. The Morgan fingerprint density at radius 3 is 2.22 bits per heavy atom. The Morgan fingerprint density at radius 1 is 1.00 bits per heavy atom. The summed E-state index contributed by atoms with van der Waals surface area (Å²) in [5, 5.41) is 0. The molecule has 0 heterocycles. The molecule has 92 valence electrons. The van der Waals surface area contributed by atoms with Crippen molar-refractivity contribution in [3.63, 3.8) is 0 Å². The third-order valence-corrected chi connectivity index (χ3v) is 4.66. The summed E-state index contributed by atoms with van der Waals surface area (Å²) < 4.78 is -0.0899. The van der Waals surface area contributed by atoms with E-state index in [-0.39, 0.29) is 4.75 Å². The lowest BCUT2D eigenvalue weighted by atomic mass is 10.0. The first-order valence-electron chi connectivity index (χ1n) is 6.09. The molecule has 0 spiro atoms. The molecule has 0 aliphatic heterocycles. The molecule has 0 radical (unpaired) electrons. The van der Waals surface area contributed by atoms with Crippen LogP contribution >= 0.6 is 11.8 Å². The van der Waals surface area contributed by atoms with Crippen LogP contribution in [0.4, 0.5) is 0 Å². The van der Waals surface area contributed by atoms with Crippen LogP contribution in [-0.4, -0.2) is 0 Å². The van der Waals surface area contributed by atoms with Crippen LogP contribution in [0.1, 0.15) is 18.1 Å². The van der Waals surface area contributed by atoms with Crippen LogP contribution in [0, 0.1) is 6.92 Å². The van der Waals surface area contributed by atoms with E-state index in [4.69, 9.17) is 0 Å². The van der Waals surface area contributed by atoms with E-state index in [2.05, 4.69) is 69.0 Å². The summed E-state index contributed by atoms with van der Waals surface area (Å²) in [6, 6.07) is 19.0. The maximum Gasteiger partial charge on any atom is 0.0604 e. The van der Waals surface area contributed by atoms with E-state index in [1.54, 1.807) is 0 Å². The average molecular weight is 254 g/mol. The van der Waals surface area contributed by atoms with Gasteiger partial charge in [0.05, 0.1) is 4.75 Å². The van der Waals surface area contributed by atoms with Gasteiger partial charge in [0.1, 0.15) is 0 Å². The van der Waals surface area contributed by atoms with Crippen LogP contribution < -0.4 is 0 Å². The predicted molar refractivity (Wildman–Crippen MR) is 81.0 cm³/mol. The lowest BCUT2D eigenvalue weighted by Crippen LogP contribution is -2.13. The van der Waals surface area contributed by atoms with E-state index >= 15 is 0 Å². The fraction of sp³-hybridized carbons (Fsp3) is 0.176. The molecule has 0 aromatic heterocycles. The van der Waals surface area contributed by atoms with Gasteiger partial charge in [-0.15, -0.1) is 18.3 Å².